The molecule has 0 saturated carbocycles. The summed E-state index contributed by atoms with van der Waals surface area (Å²) in [5.74, 6) is -0.157. The van der Waals surface area contributed by atoms with Gasteiger partial charge in [-0.15, -0.1) is 0 Å². The monoisotopic (exact) mass is 181 g/mol. The molecule has 3 N–H and O–H groups in total. The van der Waals surface area contributed by atoms with Crippen LogP contribution in [0.5, 0.6) is 0 Å². The lowest BCUT2D eigenvalue weighted by atomic mass is 10.5. The van der Waals surface area contributed by atoms with E-state index in [0.29, 0.717) is 6.42 Å². The molecule has 0 saturated heterocycles. The third-order valence-electron chi connectivity index (χ3n) is 0.580. The zero-order valence-corrected chi connectivity index (χ0v) is 6.24. The zero-order chi connectivity index (χ0) is 8.91. The van der Waals surface area contributed by atoms with Crippen LogP contribution >= 0.6 is 0 Å². The van der Waals surface area contributed by atoms with Gasteiger partial charge in [0, 0.05) is 0 Å². The normalized spacial score (nSPS) is 15.3. The summed E-state index contributed by atoms with van der Waals surface area (Å²) in [4.78, 5) is 9.96. The van der Waals surface area contributed by atoms with Gasteiger partial charge in [0.1, 0.15) is 0 Å². The summed E-state index contributed by atoms with van der Waals surface area (Å²) in [6.45, 7) is 0. The smallest absolute Gasteiger partial charge is 0.330 e. The molecule has 11 heavy (non-hydrogen) atoms. The number of esters is 1. The molecular formula is C4H7NO5S. The maximum absolute atomic E-state index is 9.96. The molecule has 0 bridgehead atoms. The minimum Gasteiger partial charge on any atom is -0.435 e. The lowest BCUT2D eigenvalue weighted by molar-refractivity contribution is -0.135. The van der Waals surface area contributed by atoms with Crippen LogP contribution in [0, 0.1) is 0 Å². The molecule has 0 amide bonds. The minimum absolute atomic E-state index is 0.157. The van der Waals surface area contributed by atoms with Crippen molar-refractivity contribution in [2.75, 3.05) is 0 Å². The summed E-state index contributed by atoms with van der Waals surface area (Å²) in [7, 11) is -4.17. The Balaban J connectivity index is 0.000000187. The Kier molecular flexibility index (Phi) is 3.72. The van der Waals surface area contributed by atoms with Crippen molar-refractivity contribution in [1.29, 1.82) is 0 Å². The van der Waals surface area contributed by atoms with Crippen LogP contribution in [-0.2, 0) is 19.8 Å². The van der Waals surface area contributed by atoms with Crippen LogP contribution in [0.2, 0.25) is 0 Å². The molecule has 0 aromatic heterocycles. The molecular weight excluding hydrogens is 174 g/mol. The summed E-state index contributed by atoms with van der Waals surface area (Å²) in [5, 5.41) is 3.88. The Morgan fingerprint density at radius 1 is 1.64 bits per heavy atom. The predicted molar refractivity (Wildman–Crippen MR) is 35.6 cm³/mol. The molecule has 64 valence electrons. The van der Waals surface area contributed by atoms with Crippen LogP contribution in [0.4, 0.5) is 0 Å². The van der Waals surface area contributed by atoms with Crippen LogP contribution in [-0.4, -0.2) is 18.9 Å². The summed E-state index contributed by atoms with van der Waals surface area (Å²) in [6, 6.07) is 0. The van der Waals surface area contributed by atoms with Crippen molar-refractivity contribution in [2.24, 2.45) is 5.14 Å². The molecule has 0 aliphatic carbocycles. The number of ether oxygens (including phenoxy) is 1. The summed E-state index contributed by atoms with van der Waals surface area (Å²) in [5.41, 5.74) is 0. The van der Waals surface area contributed by atoms with Gasteiger partial charge in [0.2, 0.25) is 0 Å². The Morgan fingerprint density at radius 3 is 2.18 bits per heavy atom. The molecule has 0 unspecified atom stereocenters. The first-order chi connectivity index (χ1) is 4.89. The highest BCUT2D eigenvalue weighted by Gasteiger charge is 2.00. The SMILES string of the molecule is NS(=O)(=O)O.O=C1CC=CO1. The average Bonchev–Trinajstić information content (AvgIpc) is 2.12. The first-order valence-corrected chi connectivity index (χ1v) is 3.99. The molecule has 1 aliphatic heterocycles. The van der Waals surface area contributed by atoms with Gasteiger partial charge in [-0.2, -0.15) is 8.42 Å². The fourth-order valence-electron chi connectivity index (χ4n) is 0.316. The fourth-order valence-corrected chi connectivity index (χ4v) is 0.316. The second-order valence-corrected chi connectivity index (χ2v) is 2.61. The van der Waals surface area contributed by atoms with Gasteiger partial charge >= 0.3 is 16.3 Å². The number of rotatable bonds is 0. The average molecular weight is 181 g/mol. The van der Waals surface area contributed by atoms with Crippen molar-refractivity contribution in [2.45, 2.75) is 6.42 Å². The van der Waals surface area contributed by atoms with Gasteiger partial charge in [-0.25, -0.2) is 5.14 Å². The van der Waals surface area contributed by atoms with E-state index in [1.54, 1.807) is 6.08 Å². The fraction of sp³-hybridized carbons (Fsp3) is 0.250. The molecule has 1 heterocycles. The third kappa shape index (κ3) is 12.3. The van der Waals surface area contributed by atoms with Crippen molar-refractivity contribution in [3.8, 4) is 0 Å². The number of carbonyl (C=O) groups is 1. The largest absolute Gasteiger partial charge is 0.435 e. The molecule has 6 nitrogen and oxygen atoms in total. The number of nitrogens with two attached hydrogens (primary N) is 1. The molecule has 0 atom stereocenters. The van der Waals surface area contributed by atoms with Gasteiger partial charge in [-0.05, 0) is 6.08 Å². The van der Waals surface area contributed by atoms with Gasteiger partial charge in [0.05, 0.1) is 12.7 Å². The predicted octanol–water partition coefficient (Wildman–Crippen LogP) is -0.805. The van der Waals surface area contributed by atoms with Gasteiger partial charge < -0.3 is 4.74 Å². The van der Waals surface area contributed by atoms with E-state index < -0.39 is 10.3 Å². The first kappa shape index (κ1) is 10.1. The summed E-state index contributed by atoms with van der Waals surface area (Å²) < 4.78 is 29.5. The van der Waals surface area contributed by atoms with Crippen LogP contribution in [0.15, 0.2) is 12.3 Å². The second kappa shape index (κ2) is 4.06. The van der Waals surface area contributed by atoms with E-state index in [0.717, 1.165) is 0 Å². The Hall–Kier alpha value is -0.920. The van der Waals surface area contributed by atoms with E-state index in [9.17, 15) is 4.79 Å². The lowest BCUT2D eigenvalue weighted by Gasteiger charge is -1.78. The van der Waals surface area contributed by atoms with E-state index in [-0.39, 0.29) is 5.97 Å². The number of hydrogen-bond acceptors (Lipinski definition) is 4. The topological polar surface area (TPSA) is 107 Å². The zero-order valence-electron chi connectivity index (χ0n) is 5.43. The molecule has 1 aliphatic rings. The lowest BCUT2D eigenvalue weighted by Crippen LogP contribution is -2.08. The minimum atomic E-state index is -4.17. The van der Waals surface area contributed by atoms with Crippen molar-refractivity contribution in [3.05, 3.63) is 12.3 Å². The van der Waals surface area contributed by atoms with Crippen molar-refractivity contribution >= 4 is 16.3 Å². The van der Waals surface area contributed by atoms with Crippen LogP contribution < -0.4 is 5.14 Å². The van der Waals surface area contributed by atoms with E-state index in [1.807, 2.05) is 0 Å². The highest BCUT2D eigenvalue weighted by molar-refractivity contribution is 7.83. The summed E-state index contributed by atoms with van der Waals surface area (Å²) >= 11 is 0. The van der Waals surface area contributed by atoms with E-state index in [2.05, 4.69) is 9.88 Å². The van der Waals surface area contributed by atoms with E-state index in [1.165, 1.54) is 6.26 Å². The number of carbonyl (C=O) groups excluding carboxylic acids is 1. The van der Waals surface area contributed by atoms with E-state index in [4.69, 9.17) is 13.0 Å². The molecule has 0 aromatic rings. The molecule has 1 rings (SSSR count). The number of cyclic esters (lactones) is 1. The van der Waals surface area contributed by atoms with Gasteiger partial charge in [0.25, 0.3) is 0 Å². The number of hydrogen-bond donors (Lipinski definition) is 2. The Labute approximate surface area is 63.5 Å². The van der Waals surface area contributed by atoms with Gasteiger partial charge in [0.15, 0.2) is 0 Å². The first-order valence-electron chi connectivity index (χ1n) is 2.49. The Bertz CT molecular complexity index is 236. The van der Waals surface area contributed by atoms with E-state index >= 15 is 0 Å². The maximum Gasteiger partial charge on any atom is 0.330 e. The van der Waals surface area contributed by atoms with Crippen molar-refractivity contribution in [3.63, 3.8) is 0 Å². The van der Waals surface area contributed by atoms with Crippen molar-refractivity contribution < 1.29 is 22.5 Å². The Morgan fingerprint density at radius 2 is 2.09 bits per heavy atom. The van der Waals surface area contributed by atoms with Gasteiger partial charge in [-0.3, -0.25) is 9.35 Å². The molecule has 0 spiro atoms. The highest BCUT2D eigenvalue weighted by Crippen LogP contribution is 1.96. The molecule has 0 aromatic carbocycles. The summed E-state index contributed by atoms with van der Waals surface area (Å²) in [6.07, 6.45) is 3.53. The van der Waals surface area contributed by atoms with Gasteiger partial charge in [-0.1, -0.05) is 0 Å². The highest BCUT2D eigenvalue weighted by atomic mass is 32.2. The third-order valence-corrected chi connectivity index (χ3v) is 0.580. The quantitative estimate of drug-likeness (QED) is 0.375. The molecule has 0 fully saturated rings. The van der Waals surface area contributed by atoms with Crippen LogP contribution in [0.1, 0.15) is 6.42 Å². The van der Waals surface area contributed by atoms with Crippen molar-refractivity contribution in [1.82, 2.24) is 0 Å². The standard InChI is InChI=1S/C4H4O2.H3NO3S/c5-4-2-1-3-6-4;1-5(2,3)4/h1,3H,2H2;(H3,1,2,3,4). The molecule has 7 heteroatoms. The molecule has 0 radical (unpaired) electrons. The maximum atomic E-state index is 9.96. The van der Waals surface area contributed by atoms with Crippen LogP contribution in [0.25, 0.3) is 0 Å². The second-order valence-electron chi connectivity index (χ2n) is 1.58. The van der Waals surface area contributed by atoms with Crippen LogP contribution in [0.3, 0.4) is 0 Å².